The average Bonchev–Trinajstić information content (AvgIpc) is 3.14. The molecule has 0 aliphatic heterocycles. The molecule has 2 heterocycles. The molecule has 0 radical (unpaired) electrons. The zero-order valence-electron chi connectivity index (χ0n) is 18.6. The summed E-state index contributed by atoms with van der Waals surface area (Å²) in [6.07, 6.45) is 1.07. The summed E-state index contributed by atoms with van der Waals surface area (Å²) in [6, 6.07) is 11.6. The fraction of sp³-hybridized carbons (Fsp3) is 0.227. The van der Waals surface area contributed by atoms with E-state index in [1.807, 2.05) is 25.1 Å². The largest absolute Gasteiger partial charge is 0.327 e. The van der Waals surface area contributed by atoms with Crippen LogP contribution in [-0.4, -0.2) is 41.7 Å². The number of anilines is 4. The molecule has 4 aromatic rings. The molecule has 0 saturated carbocycles. The van der Waals surface area contributed by atoms with E-state index in [0.29, 0.717) is 11.4 Å². The molecule has 0 fully saturated rings. The van der Waals surface area contributed by atoms with Crippen molar-refractivity contribution >= 4 is 44.1 Å². The van der Waals surface area contributed by atoms with Crippen LogP contribution in [0.5, 0.6) is 0 Å². The van der Waals surface area contributed by atoms with Crippen molar-refractivity contribution in [3.63, 3.8) is 0 Å². The number of H-pyrrole nitrogens is 1. The number of rotatable bonds is 7. The van der Waals surface area contributed by atoms with Gasteiger partial charge in [0.05, 0.1) is 22.3 Å². The Labute approximate surface area is 191 Å². The molecular formula is C22H24FN7O2S. The molecule has 9 nitrogen and oxygen atoms in total. The number of fused-ring (bicyclic) bond motifs is 1. The Hall–Kier alpha value is -3.57. The monoisotopic (exact) mass is 469 g/mol. The lowest BCUT2D eigenvalue weighted by atomic mass is 10.2. The molecule has 3 N–H and O–H groups in total. The zero-order chi connectivity index (χ0) is 23.8. The highest BCUT2D eigenvalue weighted by Crippen LogP contribution is 2.29. The minimum absolute atomic E-state index is 0.0633. The van der Waals surface area contributed by atoms with Crippen LogP contribution in [-0.2, 0) is 10.0 Å². The summed E-state index contributed by atoms with van der Waals surface area (Å²) in [6.45, 7) is 5.40. The number of hydrogen-bond donors (Lipinski definition) is 3. The smallest absolute Gasteiger partial charge is 0.240 e. The molecule has 172 valence electrons. The highest BCUT2D eigenvalue weighted by molar-refractivity contribution is 7.89. The highest BCUT2D eigenvalue weighted by atomic mass is 32.2. The third-order valence-electron chi connectivity index (χ3n) is 4.96. The molecule has 33 heavy (non-hydrogen) atoms. The van der Waals surface area contributed by atoms with E-state index in [9.17, 15) is 12.8 Å². The number of nitrogens with one attached hydrogen (secondary N) is 3. The SMILES string of the molecule is Cc1n[nH]c2cc(N(C)c3nc(Nc4cccc(S(=O)(=O)NC(C)C)c4)ncc3F)ccc12. The molecule has 0 unspecified atom stereocenters. The van der Waals surface area contributed by atoms with E-state index < -0.39 is 15.8 Å². The molecular weight excluding hydrogens is 445 g/mol. The van der Waals surface area contributed by atoms with Gasteiger partial charge in [-0.1, -0.05) is 6.07 Å². The number of aryl methyl sites for hydroxylation is 1. The molecule has 0 bridgehead atoms. The maximum absolute atomic E-state index is 14.6. The minimum Gasteiger partial charge on any atom is -0.327 e. The standard InChI is InChI=1S/C22H24FN7O2S/c1-13(2)29-33(31,32)17-7-5-6-15(10-17)25-22-24-12-19(23)21(26-22)30(4)16-8-9-18-14(3)27-28-20(18)11-16/h5-13,29H,1-4H3,(H,27,28)(H,24,25,26). The second-order valence-electron chi connectivity index (χ2n) is 7.89. The Bertz CT molecular complexity index is 1420. The van der Waals surface area contributed by atoms with Gasteiger partial charge in [0.2, 0.25) is 16.0 Å². The van der Waals surface area contributed by atoms with Crippen molar-refractivity contribution in [2.75, 3.05) is 17.3 Å². The predicted octanol–water partition coefficient (Wildman–Crippen LogP) is 4.00. The van der Waals surface area contributed by atoms with Gasteiger partial charge >= 0.3 is 0 Å². The van der Waals surface area contributed by atoms with Crippen LogP contribution in [0.25, 0.3) is 10.9 Å². The number of aromatic amines is 1. The van der Waals surface area contributed by atoms with E-state index in [4.69, 9.17) is 0 Å². The van der Waals surface area contributed by atoms with E-state index in [2.05, 4.69) is 30.2 Å². The van der Waals surface area contributed by atoms with Crippen molar-refractivity contribution in [1.82, 2.24) is 24.9 Å². The summed E-state index contributed by atoms with van der Waals surface area (Å²) in [5, 5.41) is 11.1. The normalized spacial score (nSPS) is 11.8. The number of halogens is 1. The summed E-state index contributed by atoms with van der Waals surface area (Å²) in [7, 11) is -1.96. The molecule has 11 heteroatoms. The quantitative estimate of drug-likeness (QED) is 0.375. The van der Waals surface area contributed by atoms with Crippen molar-refractivity contribution in [3.8, 4) is 0 Å². The maximum atomic E-state index is 14.6. The first-order valence-electron chi connectivity index (χ1n) is 10.2. The van der Waals surface area contributed by atoms with Crippen molar-refractivity contribution in [2.24, 2.45) is 0 Å². The maximum Gasteiger partial charge on any atom is 0.240 e. The van der Waals surface area contributed by atoms with Gasteiger partial charge in [0.1, 0.15) is 0 Å². The molecule has 0 amide bonds. The Morgan fingerprint density at radius 3 is 2.70 bits per heavy atom. The summed E-state index contributed by atoms with van der Waals surface area (Å²) in [5.41, 5.74) is 2.88. The van der Waals surface area contributed by atoms with Crippen LogP contribution in [0.4, 0.5) is 27.5 Å². The van der Waals surface area contributed by atoms with Crippen LogP contribution in [0.15, 0.2) is 53.6 Å². The lowest BCUT2D eigenvalue weighted by molar-refractivity contribution is 0.570. The Balaban J connectivity index is 1.61. The molecule has 0 aliphatic rings. The van der Waals surface area contributed by atoms with Gasteiger partial charge in [-0.2, -0.15) is 10.1 Å². The van der Waals surface area contributed by atoms with Gasteiger partial charge in [-0.25, -0.2) is 22.5 Å². The van der Waals surface area contributed by atoms with E-state index in [1.54, 1.807) is 37.9 Å². The molecule has 0 aliphatic carbocycles. The van der Waals surface area contributed by atoms with Crippen molar-refractivity contribution in [3.05, 3.63) is 60.2 Å². The van der Waals surface area contributed by atoms with Crippen LogP contribution >= 0.6 is 0 Å². The van der Waals surface area contributed by atoms with Crippen molar-refractivity contribution < 1.29 is 12.8 Å². The lowest BCUT2D eigenvalue weighted by Crippen LogP contribution is -2.30. The molecule has 2 aromatic carbocycles. The van der Waals surface area contributed by atoms with Gasteiger partial charge in [-0.3, -0.25) is 5.10 Å². The van der Waals surface area contributed by atoms with Crippen molar-refractivity contribution in [1.29, 1.82) is 0 Å². The fourth-order valence-electron chi connectivity index (χ4n) is 3.38. The van der Waals surface area contributed by atoms with Crippen LogP contribution in [0.1, 0.15) is 19.5 Å². The van der Waals surface area contributed by atoms with E-state index in [-0.39, 0.29) is 22.7 Å². The van der Waals surface area contributed by atoms with E-state index >= 15 is 0 Å². The predicted molar refractivity (Wildman–Crippen MR) is 126 cm³/mol. The Kier molecular flexibility index (Phi) is 6.00. The first-order chi connectivity index (χ1) is 15.6. The highest BCUT2D eigenvalue weighted by Gasteiger charge is 2.17. The fourth-order valence-corrected chi connectivity index (χ4v) is 4.67. The second-order valence-corrected chi connectivity index (χ2v) is 9.61. The van der Waals surface area contributed by atoms with Crippen LogP contribution < -0.4 is 14.9 Å². The van der Waals surface area contributed by atoms with Crippen LogP contribution in [0, 0.1) is 12.7 Å². The van der Waals surface area contributed by atoms with Crippen molar-refractivity contribution in [2.45, 2.75) is 31.7 Å². The first kappa shape index (κ1) is 22.6. The van der Waals surface area contributed by atoms with Gasteiger partial charge in [0.15, 0.2) is 11.6 Å². The third-order valence-corrected chi connectivity index (χ3v) is 6.62. The van der Waals surface area contributed by atoms with Gasteiger partial charge in [0, 0.05) is 29.9 Å². The summed E-state index contributed by atoms with van der Waals surface area (Å²) < 4.78 is 42.0. The number of nitrogens with zero attached hydrogens (tertiary/aromatic N) is 4. The second kappa shape index (κ2) is 8.75. The number of hydrogen-bond acceptors (Lipinski definition) is 7. The molecule has 2 aromatic heterocycles. The third kappa shape index (κ3) is 4.78. The molecule has 0 spiro atoms. The molecule has 0 atom stereocenters. The molecule has 0 saturated heterocycles. The van der Waals surface area contributed by atoms with Gasteiger partial charge in [-0.15, -0.1) is 0 Å². The first-order valence-corrected chi connectivity index (χ1v) is 11.7. The number of aromatic nitrogens is 4. The lowest BCUT2D eigenvalue weighted by Gasteiger charge is -2.19. The van der Waals surface area contributed by atoms with Gasteiger partial charge < -0.3 is 10.2 Å². The van der Waals surface area contributed by atoms with Crippen LogP contribution in [0.3, 0.4) is 0 Å². The summed E-state index contributed by atoms with van der Waals surface area (Å²) in [4.78, 5) is 10.0. The van der Waals surface area contributed by atoms with Gasteiger partial charge in [-0.05, 0) is 57.2 Å². The topological polar surface area (TPSA) is 116 Å². The average molecular weight is 470 g/mol. The summed E-state index contributed by atoms with van der Waals surface area (Å²) >= 11 is 0. The zero-order valence-corrected chi connectivity index (χ0v) is 19.4. The Morgan fingerprint density at radius 1 is 1.15 bits per heavy atom. The van der Waals surface area contributed by atoms with E-state index in [1.165, 1.54) is 12.1 Å². The van der Waals surface area contributed by atoms with E-state index in [0.717, 1.165) is 22.8 Å². The summed E-state index contributed by atoms with van der Waals surface area (Å²) in [5.74, 6) is -0.405. The van der Waals surface area contributed by atoms with Crippen LogP contribution in [0.2, 0.25) is 0 Å². The molecule has 4 rings (SSSR count). The number of sulfonamides is 1. The number of benzene rings is 2. The Morgan fingerprint density at radius 2 is 1.94 bits per heavy atom. The van der Waals surface area contributed by atoms with Gasteiger partial charge in [0.25, 0.3) is 0 Å². The minimum atomic E-state index is -3.66.